The summed E-state index contributed by atoms with van der Waals surface area (Å²) in [6, 6.07) is 5.35. The highest BCUT2D eigenvalue weighted by Gasteiger charge is 2.12. The second-order valence-electron chi connectivity index (χ2n) is 2.39. The molecule has 0 amide bonds. The van der Waals surface area contributed by atoms with Gasteiger partial charge in [-0.25, -0.2) is 0 Å². The molecule has 0 spiro atoms. The van der Waals surface area contributed by atoms with Crippen molar-refractivity contribution in [2.45, 2.75) is 9.32 Å². The number of nitro benzene ring substituents is 1. The molecule has 0 radical (unpaired) electrons. The first-order valence-electron chi connectivity index (χ1n) is 3.56. The molecule has 1 rings (SSSR count). The standard InChI is InChI=1S/C8H8INO2S/c1-13-7-3-2-6(5-9)8(4-7)10(11)12/h2-4H,5H2,1H3. The maximum absolute atomic E-state index is 10.6. The van der Waals surface area contributed by atoms with Gasteiger partial charge in [0.15, 0.2) is 0 Å². The Bertz CT molecular complexity index is 330. The van der Waals surface area contributed by atoms with Gasteiger partial charge >= 0.3 is 0 Å². The summed E-state index contributed by atoms with van der Waals surface area (Å²) >= 11 is 3.64. The van der Waals surface area contributed by atoms with Gasteiger partial charge in [-0.1, -0.05) is 28.7 Å². The Morgan fingerprint density at radius 3 is 2.77 bits per heavy atom. The highest BCUT2D eigenvalue weighted by Crippen LogP contribution is 2.26. The van der Waals surface area contributed by atoms with E-state index in [1.54, 1.807) is 6.07 Å². The molecule has 0 aliphatic heterocycles. The summed E-state index contributed by atoms with van der Waals surface area (Å²) in [5.41, 5.74) is 1.00. The fraction of sp³-hybridized carbons (Fsp3) is 0.250. The van der Waals surface area contributed by atoms with Crippen molar-refractivity contribution < 1.29 is 4.92 Å². The van der Waals surface area contributed by atoms with Crippen LogP contribution in [0, 0.1) is 10.1 Å². The Hall–Kier alpha value is -0.300. The van der Waals surface area contributed by atoms with Crippen LogP contribution < -0.4 is 0 Å². The predicted molar refractivity (Wildman–Crippen MR) is 62.6 cm³/mol. The fourth-order valence-electron chi connectivity index (χ4n) is 0.954. The molecule has 0 unspecified atom stereocenters. The Morgan fingerprint density at radius 1 is 1.62 bits per heavy atom. The molecule has 1 aromatic rings. The summed E-state index contributed by atoms with van der Waals surface area (Å²) < 4.78 is 0.669. The predicted octanol–water partition coefficient (Wildman–Crippen LogP) is 3.25. The van der Waals surface area contributed by atoms with Gasteiger partial charge in [-0.05, 0) is 12.3 Å². The number of rotatable bonds is 3. The third-order valence-corrected chi connectivity index (χ3v) is 3.18. The van der Waals surface area contributed by atoms with E-state index in [-0.39, 0.29) is 10.6 Å². The van der Waals surface area contributed by atoms with Crippen molar-refractivity contribution in [1.29, 1.82) is 0 Å². The minimum Gasteiger partial charge on any atom is -0.258 e. The molecule has 1 aromatic carbocycles. The molecular formula is C8H8INO2S. The third-order valence-electron chi connectivity index (χ3n) is 1.63. The van der Waals surface area contributed by atoms with Crippen molar-refractivity contribution in [3.8, 4) is 0 Å². The molecule has 0 saturated carbocycles. The quantitative estimate of drug-likeness (QED) is 0.283. The zero-order chi connectivity index (χ0) is 9.84. The van der Waals surface area contributed by atoms with Crippen LogP contribution in [0.4, 0.5) is 5.69 Å². The Kier molecular flexibility index (Phi) is 3.98. The largest absolute Gasteiger partial charge is 0.274 e. The lowest BCUT2D eigenvalue weighted by Crippen LogP contribution is -1.93. The van der Waals surface area contributed by atoms with Crippen molar-refractivity contribution in [3.63, 3.8) is 0 Å². The van der Waals surface area contributed by atoms with E-state index in [2.05, 4.69) is 22.6 Å². The topological polar surface area (TPSA) is 43.1 Å². The molecule has 0 fully saturated rings. The number of nitro groups is 1. The van der Waals surface area contributed by atoms with Crippen LogP contribution in [0.5, 0.6) is 0 Å². The van der Waals surface area contributed by atoms with Crippen LogP contribution in [0.2, 0.25) is 0 Å². The van der Waals surface area contributed by atoms with Gasteiger partial charge in [0.25, 0.3) is 5.69 Å². The summed E-state index contributed by atoms with van der Waals surface area (Å²) in [4.78, 5) is 11.2. The maximum Gasteiger partial charge on any atom is 0.274 e. The highest BCUT2D eigenvalue weighted by molar-refractivity contribution is 14.1. The van der Waals surface area contributed by atoms with Crippen LogP contribution in [0.1, 0.15) is 5.56 Å². The minimum absolute atomic E-state index is 0.223. The summed E-state index contributed by atoms with van der Waals surface area (Å²) in [5.74, 6) is 0. The monoisotopic (exact) mass is 309 g/mol. The first-order valence-corrected chi connectivity index (χ1v) is 6.31. The molecule has 0 aliphatic carbocycles. The summed E-state index contributed by atoms with van der Waals surface area (Å²) in [7, 11) is 0. The molecule has 0 aromatic heterocycles. The third kappa shape index (κ3) is 2.57. The average molecular weight is 309 g/mol. The van der Waals surface area contributed by atoms with Gasteiger partial charge in [0.1, 0.15) is 0 Å². The summed E-state index contributed by atoms with van der Waals surface area (Å²) in [6.07, 6.45) is 1.91. The molecule has 70 valence electrons. The van der Waals surface area contributed by atoms with E-state index in [1.165, 1.54) is 11.8 Å². The number of benzene rings is 1. The Balaban J connectivity index is 3.18. The van der Waals surface area contributed by atoms with E-state index in [0.29, 0.717) is 4.43 Å². The van der Waals surface area contributed by atoms with Gasteiger partial charge in [0.05, 0.1) is 4.92 Å². The summed E-state index contributed by atoms with van der Waals surface area (Å²) in [6.45, 7) is 0. The van der Waals surface area contributed by atoms with Crippen molar-refractivity contribution in [3.05, 3.63) is 33.9 Å². The molecule has 5 heteroatoms. The van der Waals surface area contributed by atoms with Crippen molar-refractivity contribution >= 4 is 40.0 Å². The van der Waals surface area contributed by atoms with Gasteiger partial charge in [-0.15, -0.1) is 11.8 Å². The SMILES string of the molecule is CSc1ccc(CI)c([N+](=O)[O-])c1. The average Bonchev–Trinajstić information content (AvgIpc) is 2.16. The van der Waals surface area contributed by atoms with Crippen LogP contribution in [0.15, 0.2) is 23.1 Å². The maximum atomic E-state index is 10.6. The van der Waals surface area contributed by atoms with Crippen molar-refractivity contribution in [1.82, 2.24) is 0 Å². The minimum atomic E-state index is -0.326. The van der Waals surface area contributed by atoms with E-state index in [4.69, 9.17) is 0 Å². The Labute approximate surface area is 94.2 Å². The smallest absolute Gasteiger partial charge is 0.258 e. The van der Waals surface area contributed by atoms with E-state index < -0.39 is 0 Å². The normalized spacial score (nSPS) is 10.0. The number of thioether (sulfide) groups is 1. The van der Waals surface area contributed by atoms with Gasteiger partial charge in [-0.2, -0.15) is 0 Å². The van der Waals surface area contributed by atoms with Crippen LogP contribution in [0.3, 0.4) is 0 Å². The van der Waals surface area contributed by atoms with Gasteiger partial charge < -0.3 is 0 Å². The van der Waals surface area contributed by atoms with E-state index >= 15 is 0 Å². The Morgan fingerprint density at radius 2 is 2.31 bits per heavy atom. The molecule has 0 aliphatic rings. The molecule has 0 N–H and O–H groups in total. The first kappa shape index (κ1) is 10.8. The van der Waals surface area contributed by atoms with Crippen molar-refractivity contribution in [2.75, 3.05) is 6.26 Å². The van der Waals surface area contributed by atoms with Gasteiger partial charge in [0.2, 0.25) is 0 Å². The van der Waals surface area contributed by atoms with Crippen LogP contribution in [0.25, 0.3) is 0 Å². The second-order valence-corrected chi connectivity index (χ2v) is 4.03. The van der Waals surface area contributed by atoms with Gasteiger partial charge in [0, 0.05) is 21.0 Å². The number of hydrogen-bond acceptors (Lipinski definition) is 3. The van der Waals surface area contributed by atoms with Crippen LogP contribution in [-0.4, -0.2) is 11.2 Å². The molecule has 3 nitrogen and oxygen atoms in total. The fourth-order valence-corrected chi connectivity index (χ4v) is 2.03. The number of halogens is 1. The lowest BCUT2D eigenvalue weighted by molar-refractivity contribution is -0.385. The van der Waals surface area contributed by atoms with Crippen LogP contribution >= 0.6 is 34.4 Å². The van der Waals surface area contributed by atoms with E-state index in [1.807, 2.05) is 18.4 Å². The zero-order valence-corrected chi connectivity index (χ0v) is 9.96. The molecule has 13 heavy (non-hydrogen) atoms. The lowest BCUT2D eigenvalue weighted by Gasteiger charge is -2.00. The lowest BCUT2D eigenvalue weighted by atomic mass is 10.2. The van der Waals surface area contributed by atoms with E-state index in [9.17, 15) is 10.1 Å². The molecule has 0 bridgehead atoms. The van der Waals surface area contributed by atoms with Gasteiger partial charge in [-0.3, -0.25) is 10.1 Å². The van der Waals surface area contributed by atoms with Crippen LogP contribution in [-0.2, 0) is 4.43 Å². The number of alkyl halides is 1. The molecule has 0 heterocycles. The number of nitrogens with zero attached hydrogens (tertiary/aromatic N) is 1. The second kappa shape index (κ2) is 4.80. The summed E-state index contributed by atoms with van der Waals surface area (Å²) in [5, 5.41) is 10.6. The number of hydrogen-bond donors (Lipinski definition) is 0. The highest BCUT2D eigenvalue weighted by atomic mass is 127. The molecule has 0 atom stereocenters. The zero-order valence-electron chi connectivity index (χ0n) is 6.99. The first-order chi connectivity index (χ1) is 6.19. The molecular weight excluding hydrogens is 301 g/mol. The van der Waals surface area contributed by atoms with Crippen molar-refractivity contribution in [2.24, 2.45) is 0 Å². The molecule has 0 saturated heterocycles. The van der Waals surface area contributed by atoms with E-state index in [0.717, 1.165) is 10.5 Å².